The van der Waals surface area contributed by atoms with Gasteiger partial charge in [0.05, 0.1) is 19.9 Å². The summed E-state index contributed by atoms with van der Waals surface area (Å²) in [6, 6.07) is 4.08. The summed E-state index contributed by atoms with van der Waals surface area (Å²) in [5.41, 5.74) is 0.875. The minimum Gasteiger partial charge on any atom is -0.495 e. The largest absolute Gasteiger partial charge is 0.495 e. The van der Waals surface area contributed by atoms with Gasteiger partial charge in [0.25, 0.3) is 10.0 Å². The van der Waals surface area contributed by atoms with Gasteiger partial charge in [-0.2, -0.15) is 5.10 Å². The van der Waals surface area contributed by atoms with Crippen molar-refractivity contribution in [2.45, 2.75) is 23.7 Å². The van der Waals surface area contributed by atoms with Crippen LogP contribution in [-0.4, -0.2) is 38.0 Å². The van der Waals surface area contributed by atoms with Gasteiger partial charge in [0.2, 0.25) is 0 Å². The molecule has 1 fully saturated rings. The Morgan fingerprint density at radius 1 is 1.09 bits per heavy atom. The first-order chi connectivity index (χ1) is 16.7. The molecular formula is C21H18F3N5O5S. The van der Waals surface area contributed by atoms with Crippen LogP contribution >= 0.6 is 0 Å². The zero-order valence-electron chi connectivity index (χ0n) is 18.3. The van der Waals surface area contributed by atoms with Crippen molar-refractivity contribution in [3.05, 3.63) is 47.4 Å². The van der Waals surface area contributed by atoms with Crippen molar-refractivity contribution in [3.8, 4) is 11.5 Å². The van der Waals surface area contributed by atoms with Crippen LogP contribution in [0.4, 0.5) is 30.5 Å². The van der Waals surface area contributed by atoms with Crippen molar-refractivity contribution in [3.63, 3.8) is 0 Å². The van der Waals surface area contributed by atoms with E-state index in [9.17, 15) is 17.2 Å². The van der Waals surface area contributed by atoms with E-state index in [1.807, 2.05) is 0 Å². The van der Waals surface area contributed by atoms with Crippen LogP contribution in [0.1, 0.15) is 24.5 Å². The van der Waals surface area contributed by atoms with E-state index in [1.165, 1.54) is 13.2 Å². The zero-order valence-corrected chi connectivity index (χ0v) is 19.1. The van der Waals surface area contributed by atoms with Crippen molar-refractivity contribution in [1.82, 2.24) is 15.4 Å². The lowest BCUT2D eigenvalue weighted by Crippen LogP contribution is -2.15. The van der Waals surface area contributed by atoms with Crippen molar-refractivity contribution < 1.29 is 35.6 Å². The third kappa shape index (κ3) is 4.09. The molecule has 0 amide bonds. The van der Waals surface area contributed by atoms with Gasteiger partial charge in [-0.15, -0.1) is 0 Å². The molecule has 2 aromatic heterocycles. The van der Waals surface area contributed by atoms with Gasteiger partial charge in [-0.3, -0.25) is 9.82 Å². The molecule has 14 heteroatoms. The Morgan fingerprint density at radius 3 is 2.51 bits per heavy atom. The number of halogens is 3. The number of ether oxygens (including phenoxy) is 2. The summed E-state index contributed by atoms with van der Waals surface area (Å²) < 4.78 is 85.8. The molecule has 2 heterocycles. The van der Waals surface area contributed by atoms with Crippen LogP contribution in [-0.2, 0) is 10.0 Å². The van der Waals surface area contributed by atoms with Gasteiger partial charge in [0.1, 0.15) is 16.0 Å². The van der Waals surface area contributed by atoms with E-state index in [0.717, 1.165) is 25.6 Å². The molecule has 4 aromatic rings. The van der Waals surface area contributed by atoms with Crippen molar-refractivity contribution >= 4 is 38.3 Å². The van der Waals surface area contributed by atoms with Crippen LogP contribution < -0.4 is 19.5 Å². The molecule has 0 radical (unpaired) electrons. The Bertz CT molecular complexity index is 1550. The fraction of sp³-hybridized carbons (Fsp3) is 0.238. The first-order valence-corrected chi connectivity index (χ1v) is 11.7. The van der Waals surface area contributed by atoms with Gasteiger partial charge < -0.3 is 19.3 Å². The van der Waals surface area contributed by atoms with Crippen LogP contribution in [0.15, 0.2) is 33.7 Å². The van der Waals surface area contributed by atoms with Crippen LogP contribution in [0.2, 0.25) is 0 Å². The first kappa shape index (κ1) is 22.8. The lowest BCUT2D eigenvalue weighted by Gasteiger charge is -2.12. The summed E-state index contributed by atoms with van der Waals surface area (Å²) in [5, 5.41) is 13.4. The highest BCUT2D eigenvalue weighted by Gasteiger charge is 2.29. The zero-order chi connectivity index (χ0) is 24.9. The fourth-order valence-electron chi connectivity index (χ4n) is 3.60. The lowest BCUT2D eigenvalue weighted by molar-refractivity contribution is 0.392. The maximum atomic E-state index is 15.3. The number of fused-ring (bicyclic) bond motifs is 1. The van der Waals surface area contributed by atoms with Gasteiger partial charge >= 0.3 is 0 Å². The SMILES string of the molecule is COc1cc(F)c(F)cc1S(=O)(=O)Nc1noc2cc(Nc3cc(C4CC4)[nH]n3)c(F)c(OC)c12. The quantitative estimate of drug-likeness (QED) is 0.318. The second-order valence-corrected chi connectivity index (χ2v) is 9.46. The minimum atomic E-state index is -4.56. The lowest BCUT2D eigenvalue weighted by atomic mass is 10.2. The predicted octanol–water partition coefficient (Wildman–Crippen LogP) is 4.41. The number of nitrogens with one attached hydrogen (secondary N) is 3. The van der Waals surface area contributed by atoms with Gasteiger partial charge in [0, 0.05) is 35.9 Å². The number of aromatic nitrogens is 3. The number of rotatable bonds is 8. The van der Waals surface area contributed by atoms with E-state index < -0.39 is 43.9 Å². The minimum absolute atomic E-state index is 0.0151. The van der Waals surface area contributed by atoms with Crippen molar-refractivity contribution in [1.29, 1.82) is 0 Å². The van der Waals surface area contributed by atoms with E-state index in [1.54, 1.807) is 6.07 Å². The average Bonchev–Trinajstić information content (AvgIpc) is 3.46. The highest BCUT2D eigenvalue weighted by Crippen LogP contribution is 2.42. The molecule has 0 spiro atoms. The summed E-state index contributed by atoms with van der Waals surface area (Å²) >= 11 is 0. The number of anilines is 3. The van der Waals surface area contributed by atoms with Gasteiger partial charge in [-0.25, -0.2) is 21.6 Å². The number of hydrogen-bond donors (Lipinski definition) is 3. The smallest absolute Gasteiger partial charge is 0.266 e. The Kier molecular flexibility index (Phi) is 5.46. The monoisotopic (exact) mass is 509 g/mol. The molecular weight excluding hydrogens is 491 g/mol. The maximum absolute atomic E-state index is 15.3. The summed E-state index contributed by atoms with van der Waals surface area (Å²) in [4.78, 5) is -0.697. The standard InChI is InChI=1S/C21H18F3N5O5S/c1-32-14-5-10(22)11(23)6-16(14)35(30,31)29-21-18-15(34-28-21)7-13(19(24)20(18)33-2)25-17-8-12(26-27-17)9-3-4-9/h5-9H,3-4H2,1-2H3,(H,28,29)(H2,25,26,27). The summed E-state index contributed by atoms with van der Waals surface area (Å²) in [6.07, 6.45) is 2.12. The molecule has 5 rings (SSSR count). The van der Waals surface area contributed by atoms with Crippen molar-refractivity contribution in [2.24, 2.45) is 0 Å². The maximum Gasteiger partial charge on any atom is 0.266 e. The first-order valence-electron chi connectivity index (χ1n) is 10.3. The van der Waals surface area contributed by atoms with E-state index >= 15 is 4.39 Å². The molecule has 1 saturated carbocycles. The number of methoxy groups -OCH3 is 2. The second kappa shape index (κ2) is 8.37. The summed E-state index contributed by atoms with van der Waals surface area (Å²) in [6.45, 7) is 0. The van der Waals surface area contributed by atoms with Crippen molar-refractivity contribution in [2.75, 3.05) is 24.3 Å². The molecule has 0 saturated heterocycles. The summed E-state index contributed by atoms with van der Waals surface area (Å²) in [5.74, 6) is -4.00. The number of aromatic amines is 1. The van der Waals surface area contributed by atoms with E-state index in [-0.39, 0.29) is 22.4 Å². The number of sulfonamides is 1. The van der Waals surface area contributed by atoms with E-state index in [2.05, 4.69) is 25.4 Å². The topological polar surface area (TPSA) is 131 Å². The highest BCUT2D eigenvalue weighted by atomic mass is 32.2. The molecule has 1 aliphatic carbocycles. The van der Waals surface area contributed by atoms with Gasteiger partial charge in [0.15, 0.2) is 40.4 Å². The highest BCUT2D eigenvalue weighted by molar-refractivity contribution is 7.92. The molecule has 0 unspecified atom stereocenters. The normalized spacial score (nSPS) is 13.7. The third-order valence-corrected chi connectivity index (χ3v) is 6.83. The Hall–Kier alpha value is -3.94. The van der Waals surface area contributed by atoms with Gasteiger partial charge in [-0.05, 0) is 12.8 Å². The van der Waals surface area contributed by atoms with Crippen LogP contribution in [0.5, 0.6) is 11.5 Å². The number of hydrogen-bond acceptors (Lipinski definition) is 8. The molecule has 1 aliphatic rings. The molecule has 0 aliphatic heterocycles. The Balaban J connectivity index is 1.52. The molecule has 10 nitrogen and oxygen atoms in total. The molecule has 2 aromatic carbocycles. The van der Waals surface area contributed by atoms with Crippen LogP contribution in [0.3, 0.4) is 0 Å². The number of H-pyrrole nitrogens is 1. The Labute approximate surface area is 196 Å². The third-order valence-electron chi connectivity index (χ3n) is 5.47. The molecule has 0 bridgehead atoms. The van der Waals surface area contributed by atoms with Crippen LogP contribution in [0, 0.1) is 17.5 Å². The van der Waals surface area contributed by atoms with Gasteiger partial charge in [-0.1, -0.05) is 5.16 Å². The molecule has 3 N–H and O–H groups in total. The number of benzene rings is 2. The fourth-order valence-corrected chi connectivity index (χ4v) is 4.77. The number of nitrogens with zero attached hydrogens (tertiary/aromatic N) is 2. The van der Waals surface area contributed by atoms with E-state index in [4.69, 9.17) is 14.0 Å². The predicted molar refractivity (Wildman–Crippen MR) is 118 cm³/mol. The molecule has 35 heavy (non-hydrogen) atoms. The average molecular weight is 509 g/mol. The molecule has 0 atom stereocenters. The van der Waals surface area contributed by atoms with E-state index in [0.29, 0.717) is 23.9 Å². The molecule has 184 valence electrons. The Morgan fingerprint density at radius 2 is 1.83 bits per heavy atom. The summed E-state index contributed by atoms with van der Waals surface area (Å²) in [7, 11) is -2.28. The second-order valence-electron chi connectivity index (χ2n) is 7.81. The van der Waals surface area contributed by atoms with Crippen LogP contribution in [0.25, 0.3) is 11.0 Å².